The number of rotatable bonds is 7. The average Bonchev–Trinajstić information content (AvgIpc) is 3.17. The van der Waals surface area contributed by atoms with E-state index >= 15 is 0 Å². The van der Waals surface area contributed by atoms with Crippen LogP contribution in [-0.2, 0) is 13.0 Å². The van der Waals surface area contributed by atoms with Gasteiger partial charge in [0.1, 0.15) is 5.82 Å². The number of nitrogens with one attached hydrogen (secondary N) is 2. The average molecular weight is 440 g/mol. The molecule has 3 aromatic rings. The van der Waals surface area contributed by atoms with Gasteiger partial charge in [-0.25, -0.2) is 9.89 Å². The van der Waals surface area contributed by atoms with E-state index in [0.29, 0.717) is 0 Å². The van der Waals surface area contributed by atoms with Gasteiger partial charge < -0.3 is 16.0 Å². The van der Waals surface area contributed by atoms with Crippen molar-refractivity contribution in [3.8, 4) is 11.1 Å². The minimum absolute atomic E-state index is 0.181. The molecule has 9 heteroatoms. The highest BCUT2D eigenvalue weighted by Gasteiger charge is 2.16. The molecule has 0 radical (unpaired) electrons. The minimum Gasteiger partial charge on any atom is -0.369 e. The number of halogens is 2. The summed E-state index contributed by atoms with van der Waals surface area (Å²) in [5, 5.41) is 9.66. The lowest BCUT2D eigenvalue weighted by Gasteiger charge is -2.29. The third-order valence-corrected chi connectivity index (χ3v) is 5.73. The largest absolute Gasteiger partial charge is 0.369 e. The summed E-state index contributed by atoms with van der Waals surface area (Å²) in [5.41, 5.74) is 8.82. The van der Waals surface area contributed by atoms with Crippen molar-refractivity contribution in [2.75, 3.05) is 37.6 Å². The van der Waals surface area contributed by atoms with E-state index in [2.05, 4.69) is 44.7 Å². The number of aromatic nitrogens is 3. The first-order valence-electron chi connectivity index (χ1n) is 10.6. The summed E-state index contributed by atoms with van der Waals surface area (Å²) in [6.45, 7) is 3.81. The molecule has 168 valence electrons. The standard InChI is InChI=1S/C23H26F2N6O/c24-22(25)18(14-26)13-21-28-29-23(32)31(21)15-17-3-1-2-4-20(17)16-5-7-19(8-6-16)30-11-9-27-10-12-30/h1-8,27H,9-15,26H2,(H,29,32). The molecule has 0 bridgehead atoms. The Hall–Kier alpha value is -3.30. The van der Waals surface area contributed by atoms with Crippen LogP contribution in [-0.4, -0.2) is 47.5 Å². The number of nitrogens with two attached hydrogens (primary N) is 1. The second-order valence-electron chi connectivity index (χ2n) is 7.72. The van der Waals surface area contributed by atoms with Gasteiger partial charge in [-0.1, -0.05) is 36.4 Å². The lowest BCUT2D eigenvalue weighted by Crippen LogP contribution is -2.43. The second kappa shape index (κ2) is 9.88. The quantitative estimate of drug-likeness (QED) is 0.525. The zero-order valence-electron chi connectivity index (χ0n) is 17.7. The zero-order chi connectivity index (χ0) is 22.5. The highest BCUT2D eigenvalue weighted by molar-refractivity contribution is 5.69. The van der Waals surface area contributed by atoms with Crippen LogP contribution in [0.1, 0.15) is 11.4 Å². The number of piperazine rings is 1. The Morgan fingerprint density at radius 1 is 1.06 bits per heavy atom. The van der Waals surface area contributed by atoms with Crippen molar-refractivity contribution < 1.29 is 8.78 Å². The van der Waals surface area contributed by atoms with E-state index in [1.165, 1.54) is 10.3 Å². The molecule has 1 fully saturated rings. The maximum atomic E-state index is 13.1. The summed E-state index contributed by atoms with van der Waals surface area (Å²) in [5.74, 6) is 0.229. The molecule has 32 heavy (non-hydrogen) atoms. The Bertz CT molecular complexity index is 1140. The molecule has 7 nitrogen and oxygen atoms in total. The Morgan fingerprint density at radius 3 is 2.47 bits per heavy atom. The van der Waals surface area contributed by atoms with Gasteiger partial charge in [-0.15, -0.1) is 0 Å². The first-order chi connectivity index (χ1) is 15.6. The van der Waals surface area contributed by atoms with Crippen LogP contribution in [0.15, 0.2) is 65.0 Å². The van der Waals surface area contributed by atoms with Gasteiger partial charge in [0.2, 0.25) is 0 Å². The van der Waals surface area contributed by atoms with E-state index in [0.717, 1.165) is 42.9 Å². The van der Waals surface area contributed by atoms with Gasteiger partial charge in [0, 0.05) is 50.4 Å². The summed E-state index contributed by atoms with van der Waals surface area (Å²) < 4.78 is 27.5. The number of aromatic amines is 1. The molecule has 1 aliphatic rings. The van der Waals surface area contributed by atoms with E-state index < -0.39 is 11.8 Å². The smallest absolute Gasteiger partial charge is 0.343 e. The van der Waals surface area contributed by atoms with Crippen molar-refractivity contribution in [1.29, 1.82) is 0 Å². The molecule has 2 aromatic carbocycles. The van der Waals surface area contributed by atoms with Crippen molar-refractivity contribution in [1.82, 2.24) is 20.1 Å². The van der Waals surface area contributed by atoms with Crippen molar-refractivity contribution in [3.05, 3.63) is 82.1 Å². The van der Waals surface area contributed by atoms with Crippen LogP contribution in [0, 0.1) is 0 Å². The first kappa shape index (κ1) is 21.9. The predicted molar refractivity (Wildman–Crippen MR) is 121 cm³/mol. The Morgan fingerprint density at radius 2 is 1.78 bits per heavy atom. The number of H-pyrrole nitrogens is 1. The number of hydrogen-bond donors (Lipinski definition) is 3. The van der Waals surface area contributed by atoms with Crippen LogP contribution in [0.5, 0.6) is 0 Å². The van der Waals surface area contributed by atoms with E-state index in [1.807, 2.05) is 24.3 Å². The van der Waals surface area contributed by atoms with Crippen LogP contribution in [0.4, 0.5) is 14.5 Å². The minimum atomic E-state index is -1.83. The third kappa shape index (κ3) is 4.79. The van der Waals surface area contributed by atoms with Crippen molar-refractivity contribution >= 4 is 5.69 Å². The molecule has 4 rings (SSSR count). The van der Waals surface area contributed by atoms with Gasteiger partial charge in [0.05, 0.1) is 6.54 Å². The molecule has 0 atom stereocenters. The maximum absolute atomic E-state index is 13.1. The van der Waals surface area contributed by atoms with Crippen LogP contribution in [0.3, 0.4) is 0 Å². The van der Waals surface area contributed by atoms with Crippen molar-refractivity contribution in [3.63, 3.8) is 0 Å². The van der Waals surface area contributed by atoms with Gasteiger partial charge in [-0.3, -0.25) is 4.57 Å². The fourth-order valence-electron chi connectivity index (χ4n) is 3.94. The summed E-state index contributed by atoms with van der Waals surface area (Å²) in [6, 6.07) is 16.1. The number of hydrogen-bond acceptors (Lipinski definition) is 5. The van der Waals surface area contributed by atoms with Crippen LogP contribution in [0.2, 0.25) is 0 Å². The molecule has 2 heterocycles. The van der Waals surface area contributed by atoms with Gasteiger partial charge in [-0.05, 0) is 28.8 Å². The van der Waals surface area contributed by atoms with E-state index in [-0.39, 0.29) is 30.9 Å². The van der Waals surface area contributed by atoms with Gasteiger partial charge in [0.15, 0.2) is 0 Å². The number of nitrogens with zero attached hydrogens (tertiary/aromatic N) is 3. The monoisotopic (exact) mass is 440 g/mol. The molecule has 1 saturated heterocycles. The maximum Gasteiger partial charge on any atom is 0.343 e. The molecular weight excluding hydrogens is 414 g/mol. The topological polar surface area (TPSA) is 92.0 Å². The van der Waals surface area contributed by atoms with Crippen molar-refractivity contribution in [2.24, 2.45) is 5.73 Å². The Balaban J connectivity index is 1.61. The molecule has 4 N–H and O–H groups in total. The van der Waals surface area contributed by atoms with Crippen LogP contribution in [0.25, 0.3) is 11.1 Å². The first-order valence-corrected chi connectivity index (χ1v) is 10.6. The summed E-state index contributed by atoms with van der Waals surface area (Å²) in [4.78, 5) is 14.7. The lowest BCUT2D eigenvalue weighted by molar-refractivity contribution is 0.407. The molecule has 1 aromatic heterocycles. The van der Waals surface area contributed by atoms with E-state index in [9.17, 15) is 13.6 Å². The number of benzene rings is 2. The third-order valence-electron chi connectivity index (χ3n) is 5.73. The van der Waals surface area contributed by atoms with Crippen LogP contribution >= 0.6 is 0 Å². The van der Waals surface area contributed by atoms with Gasteiger partial charge in [0.25, 0.3) is 6.08 Å². The highest BCUT2D eigenvalue weighted by atomic mass is 19.3. The fraction of sp³-hybridized carbons (Fsp3) is 0.304. The normalized spacial score (nSPS) is 13.9. The second-order valence-corrected chi connectivity index (χ2v) is 7.72. The molecular formula is C23H26F2N6O. The van der Waals surface area contributed by atoms with E-state index in [1.54, 1.807) is 0 Å². The highest BCUT2D eigenvalue weighted by Crippen LogP contribution is 2.27. The Kier molecular flexibility index (Phi) is 6.77. The van der Waals surface area contributed by atoms with Gasteiger partial charge in [-0.2, -0.15) is 13.9 Å². The summed E-state index contributed by atoms with van der Waals surface area (Å²) in [6.07, 6.45) is -2.02. The van der Waals surface area contributed by atoms with E-state index in [4.69, 9.17) is 5.73 Å². The van der Waals surface area contributed by atoms with Crippen molar-refractivity contribution in [2.45, 2.75) is 13.0 Å². The zero-order valence-corrected chi connectivity index (χ0v) is 17.7. The molecule has 0 aliphatic carbocycles. The lowest BCUT2D eigenvalue weighted by atomic mass is 9.99. The molecule has 0 saturated carbocycles. The SMILES string of the molecule is NCC(Cc1n[nH]c(=O)n1Cc1ccccc1-c1ccc(N2CCNCC2)cc1)=C(F)F. The molecule has 0 spiro atoms. The molecule has 1 aliphatic heterocycles. The van der Waals surface area contributed by atoms with Crippen LogP contribution < -0.4 is 21.6 Å². The van der Waals surface area contributed by atoms with Gasteiger partial charge >= 0.3 is 5.69 Å². The molecule has 0 amide bonds. The summed E-state index contributed by atoms with van der Waals surface area (Å²) in [7, 11) is 0. The Labute approximate surface area is 184 Å². The molecule has 0 unspecified atom stereocenters. The predicted octanol–water partition coefficient (Wildman–Crippen LogP) is 2.35. The fourth-order valence-corrected chi connectivity index (χ4v) is 3.94. The summed E-state index contributed by atoms with van der Waals surface area (Å²) >= 11 is 0. The number of anilines is 1.